The smallest absolute Gasteiger partial charge is 0.0270 e. The highest BCUT2D eigenvalue weighted by Crippen LogP contribution is 2.44. The lowest BCUT2D eigenvalue weighted by atomic mass is 9.67. The summed E-state index contributed by atoms with van der Waals surface area (Å²) in [6.45, 7) is 8.73. The van der Waals surface area contributed by atoms with Crippen molar-refractivity contribution < 1.29 is 0 Å². The largest absolute Gasteiger partial charge is 0.317 e. The Balaban J connectivity index is 1.19. The molecule has 4 heteroatoms. The molecule has 4 nitrogen and oxygen atoms in total. The van der Waals surface area contributed by atoms with Crippen LogP contribution in [-0.2, 0) is 6.42 Å². The van der Waals surface area contributed by atoms with Gasteiger partial charge < -0.3 is 10.2 Å². The number of hydrogen-bond donors (Lipinski definition) is 1. The van der Waals surface area contributed by atoms with E-state index in [-0.39, 0.29) is 0 Å². The summed E-state index contributed by atoms with van der Waals surface area (Å²) >= 11 is 0. The Kier molecular flexibility index (Phi) is 5.69. The Bertz CT molecular complexity index is 508. The number of pyridine rings is 1. The van der Waals surface area contributed by atoms with Crippen molar-refractivity contribution in [2.24, 2.45) is 5.41 Å². The zero-order valence-electron chi connectivity index (χ0n) is 15.6. The Morgan fingerprint density at radius 2 is 1.64 bits per heavy atom. The fourth-order valence-corrected chi connectivity index (χ4v) is 5.23. The van der Waals surface area contributed by atoms with E-state index in [1.54, 1.807) is 0 Å². The first-order valence-corrected chi connectivity index (χ1v) is 10.4. The minimum absolute atomic E-state index is 0.702. The van der Waals surface area contributed by atoms with Crippen LogP contribution < -0.4 is 5.32 Å². The number of nitrogens with zero attached hydrogens (tertiary/aromatic N) is 3. The van der Waals surface area contributed by atoms with Crippen molar-refractivity contribution in [3.63, 3.8) is 0 Å². The lowest BCUT2D eigenvalue weighted by Crippen LogP contribution is -2.52. The highest BCUT2D eigenvalue weighted by atomic mass is 15.3. The second kappa shape index (κ2) is 8.15. The molecule has 138 valence electrons. The zero-order chi connectivity index (χ0) is 17.0. The summed E-state index contributed by atoms with van der Waals surface area (Å²) < 4.78 is 0. The molecular formula is C21H34N4. The quantitative estimate of drug-likeness (QED) is 0.911. The zero-order valence-corrected chi connectivity index (χ0v) is 15.6. The second-order valence-corrected chi connectivity index (χ2v) is 8.46. The molecule has 1 aromatic rings. The first-order valence-electron chi connectivity index (χ1n) is 10.4. The molecule has 0 amide bonds. The third kappa shape index (κ3) is 4.42. The molecule has 1 saturated carbocycles. The standard InChI is InChI=1S/C21H34N4/c1-6-21(8-12-23-13-9-21)7-2-20(1)25-17-15-24(16-18-25)14-5-19-3-10-22-11-4-19/h3-4,10-11,20,23H,1-2,5-9,12-18H2. The third-order valence-electron chi connectivity index (χ3n) is 7.07. The van der Waals surface area contributed by atoms with Gasteiger partial charge in [-0.1, -0.05) is 0 Å². The molecule has 4 rings (SSSR count). The molecule has 2 aliphatic heterocycles. The maximum atomic E-state index is 4.11. The van der Waals surface area contributed by atoms with Crippen molar-refractivity contribution in [2.45, 2.75) is 51.0 Å². The maximum absolute atomic E-state index is 4.11. The second-order valence-electron chi connectivity index (χ2n) is 8.46. The summed E-state index contributed by atoms with van der Waals surface area (Å²) in [4.78, 5) is 9.56. The Labute approximate surface area is 153 Å². The van der Waals surface area contributed by atoms with Gasteiger partial charge in [-0.2, -0.15) is 0 Å². The molecule has 1 spiro atoms. The van der Waals surface area contributed by atoms with Crippen molar-refractivity contribution >= 4 is 0 Å². The van der Waals surface area contributed by atoms with Gasteiger partial charge in [0.25, 0.3) is 0 Å². The van der Waals surface area contributed by atoms with Crippen LogP contribution in [-0.4, -0.2) is 66.6 Å². The van der Waals surface area contributed by atoms with Gasteiger partial charge in [-0.3, -0.25) is 9.88 Å². The molecule has 0 aromatic carbocycles. The van der Waals surface area contributed by atoms with Crippen LogP contribution in [0, 0.1) is 5.41 Å². The number of rotatable bonds is 4. The summed E-state index contributed by atoms with van der Waals surface area (Å²) in [5.41, 5.74) is 2.12. The molecule has 3 aliphatic rings. The van der Waals surface area contributed by atoms with Crippen molar-refractivity contribution in [2.75, 3.05) is 45.8 Å². The van der Waals surface area contributed by atoms with E-state index in [2.05, 4.69) is 32.2 Å². The topological polar surface area (TPSA) is 31.4 Å². The Hall–Kier alpha value is -0.970. The average Bonchev–Trinajstić information content (AvgIpc) is 2.69. The molecular weight excluding hydrogens is 308 g/mol. The minimum Gasteiger partial charge on any atom is -0.317 e. The molecule has 3 fully saturated rings. The van der Waals surface area contributed by atoms with Gasteiger partial charge in [0.05, 0.1) is 0 Å². The summed E-state index contributed by atoms with van der Waals surface area (Å²) in [5, 5.41) is 3.54. The van der Waals surface area contributed by atoms with E-state index < -0.39 is 0 Å². The molecule has 25 heavy (non-hydrogen) atoms. The van der Waals surface area contributed by atoms with Crippen LogP contribution in [0.15, 0.2) is 24.5 Å². The average molecular weight is 343 g/mol. The van der Waals surface area contributed by atoms with Gasteiger partial charge in [-0.15, -0.1) is 0 Å². The number of piperazine rings is 1. The Morgan fingerprint density at radius 1 is 0.960 bits per heavy atom. The van der Waals surface area contributed by atoms with Gasteiger partial charge in [0.15, 0.2) is 0 Å². The van der Waals surface area contributed by atoms with Gasteiger partial charge in [-0.25, -0.2) is 0 Å². The number of piperidine rings is 1. The fourth-order valence-electron chi connectivity index (χ4n) is 5.23. The van der Waals surface area contributed by atoms with E-state index in [0.717, 1.165) is 12.5 Å². The van der Waals surface area contributed by atoms with Gasteiger partial charge in [-0.05, 0) is 81.1 Å². The van der Waals surface area contributed by atoms with Crippen LogP contribution in [0.5, 0.6) is 0 Å². The van der Waals surface area contributed by atoms with Crippen LogP contribution in [0.3, 0.4) is 0 Å². The molecule has 2 saturated heterocycles. The molecule has 0 unspecified atom stereocenters. The predicted octanol–water partition coefficient (Wildman–Crippen LogP) is 2.55. The van der Waals surface area contributed by atoms with Gasteiger partial charge in [0, 0.05) is 51.2 Å². The molecule has 0 atom stereocenters. The molecule has 1 aromatic heterocycles. The molecule has 0 bridgehead atoms. The maximum Gasteiger partial charge on any atom is 0.0270 e. The van der Waals surface area contributed by atoms with E-state index in [1.165, 1.54) is 89.9 Å². The van der Waals surface area contributed by atoms with E-state index >= 15 is 0 Å². The van der Waals surface area contributed by atoms with E-state index in [9.17, 15) is 0 Å². The van der Waals surface area contributed by atoms with E-state index in [0.29, 0.717) is 5.41 Å². The van der Waals surface area contributed by atoms with Crippen molar-refractivity contribution in [1.82, 2.24) is 20.1 Å². The van der Waals surface area contributed by atoms with Crippen LogP contribution >= 0.6 is 0 Å². The summed E-state index contributed by atoms with van der Waals surface area (Å²) in [6, 6.07) is 5.16. The first-order chi connectivity index (χ1) is 12.3. The normalized spacial score (nSPS) is 26.1. The van der Waals surface area contributed by atoms with E-state index in [1.807, 2.05) is 12.4 Å². The SMILES string of the molecule is c1cc(CCN2CCN(C3CCC4(CCNCC4)CC3)CC2)ccn1. The lowest BCUT2D eigenvalue weighted by molar-refractivity contribution is 0.0368. The van der Waals surface area contributed by atoms with Crippen molar-refractivity contribution in [3.8, 4) is 0 Å². The predicted molar refractivity (Wildman–Crippen MR) is 103 cm³/mol. The lowest BCUT2D eigenvalue weighted by Gasteiger charge is -2.47. The van der Waals surface area contributed by atoms with Crippen LogP contribution in [0.1, 0.15) is 44.1 Å². The summed E-state index contributed by atoms with van der Waals surface area (Å²) in [5.74, 6) is 0. The first kappa shape index (κ1) is 17.4. The van der Waals surface area contributed by atoms with Gasteiger partial charge in [0.1, 0.15) is 0 Å². The third-order valence-corrected chi connectivity index (χ3v) is 7.07. The molecule has 0 radical (unpaired) electrons. The van der Waals surface area contributed by atoms with Crippen molar-refractivity contribution in [3.05, 3.63) is 30.1 Å². The monoisotopic (exact) mass is 342 g/mol. The molecule has 3 heterocycles. The highest BCUT2D eigenvalue weighted by Gasteiger charge is 2.38. The molecule has 1 aliphatic carbocycles. The van der Waals surface area contributed by atoms with Gasteiger partial charge >= 0.3 is 0 Å². The Morgan fingerprint density at radius 3 is 2.32 bits per heavy atom. The fraction of sp³-hybridized carbons (Fsp3) is 0.762. The van der Waals surface area contributed by atoms with Crippen LogP contribution in [0.2, 0.25) is 0 Å². The van der Waals surface area contributed by atoms with Crippen LogP contribution in [0.25, 0.3) is 0 Å². The minimum atomic E-state index is 0.702. The van der Waals surface area contributed by atoms with Gasteiger partial charge in [0.2, 0.25) is 0 Å². The number of aromatic nitrogens is 1. The summed E-state index contributed by atoms with van der Waals surface area (Å²) in [7, 11) is 0. The molecule has 1 N–H and O–H groups in total. The number of hydrogen-bond acceptors (Lipinski definition) is 4. The number of nitrogens with one attached hydrogen (secondary N) is 1. The van der Waals surface area contributed by atoms with Crippen molar-refractivity contribution in [1.29, 1.82) is 0 Å². The van der Waals surface area contributed by atoms with E-state index in [4.69, 9.17) is 0 Å². The van der Waals surface area contributed by atoms with Crippen LogP contribution in [0.4, 0.5) is 0 Å². The highest BCUT2D eigenvalue weighted by molar-refractivity contribution is 5.10. The summed E-state index contributed by atoms with van der Waals surface area (Å²) in [6.07, 6.45) is 13.6.